The van der Waals surface area contributed by atoms with Crippen LogP contribution in [0.2, 0.25) is 0 Å². The first-order chi connectivity index (χ1) is 24.2. The number of alkyl halides is 26. The molecule has 1 aromatic heterocycles. The zero-order valence-corrected chi connectivity index (χ0v) is 26.1. The van der Waals surface area contributed by atoms with Crippen LogP contribution in [0.4, 0.5) is 120 Å². The fourth-order valence-electron chi connectivity index (χ4n) is 5.57. The highest BCUT2D eigenvalue weighted by Gasteiger charge is 2.92. The number of pyridine rings is 1. The molecule has 1 saturated carbocycles. The number of rotatable bonds is 12. The van der Waals surface area contributed by atoms with Crippen LogP contribution >= 0.6 is 0 Å². The number of piperazine rings is 1. The van der Waals surface area contributed by atoms with E-state index in [4.69, 9.17) is 0 Å². The molecule has 0 amide bonds. The van der Waals surface area contributed by atoms with Gasteiger partial charge in [-0.3, -0.25) is 4.90 Å². The Hall–Kier alpha value is -2.91. The van der Waals surface area contributed by atoms with Crippen molar-refractivity contribution in [2.24, 2.45) is 0 Å². The number of nitrogens with zero attached hydrogens (tertiary/aromatic N) is 3. The first-order valence-corrected chi connectivity index (χ1v) is 14.6. The van der Waals surface area contributed by atoms with E-state index in [1.165, 1.54) is 4.90 Å². The maximum atomic E-state index is 15.5. The molecule has 1 aliphatic carbocycles. The van der Waals surface area contributed by atoms with E-state index in [1.807, 2.05) is 0 Å². The highest BCUT2D eigenvalue weighted by Crippen LogP contribution is 2.65. The van der Waals surface area contributed by atoms with Crippen LogP contribution in [0.15, 0.2) is 12.3 Å². The molecule has 2 fully saturated rings. The van der Waals surface area contributed by atoms with Crippen molar-refractivity contribution in [1.29, 1.82) is 0 Å². The maximum absolute atomic E-state index is 15.5. The molecule has 0 spiro atoms. The van der Waals surface area contributed by atoms with Crippen molar-refractivity contribution < 1.29 is 114 Å². The Morgan fingerprint density at radius 1 is 0.436 bits per heavy atom. The molecule has 1 aromatic rings. The predicted molar refractivity (Wildman–Crippen MR) is 130 cm³/mol. The van der Waals surface area contributed by atoms with Gasteiger partial charge >= 0.3 is 71.6 Å². The second kappa shape index (κ2) is 13.3. The molecule has 3 nitrogen and oxygen atoms in total. The van der Waals surface area contributed by atoms with Crippen LogP contribution in [-0.2, 0) is 11.8 Å². The Balaban J connectivity index is 2.30. The predicted octanol–water partition coefficient (Wildman–Crippen LogP) is 10.5. The van der Waals surface area contributed by atoms with Gasteiger partial charge < -0.3 is 4.90 Å². The van der Waals surface area contributed by atoms with Gasteiger partial charge in [0.15, 0.2) is 0 Å². The molecule has 55 heavy (non-hydrogen) atoms. The molecule has 1 aliphatic heterocycles. The first kappa shape index (κ1) is 46.5. The lowest BCUT2D eigenvalue weighted by atomic mass is 9.87. The summed E-state index contributed by atoms with van der Waals surface area (Å²) in [4.78, 5) is 4.21. The number of hydrogen-bond donors (Lipinski definition) is 0. The molecule has 320 valence electrons. The van der Waals surface area contributed by atoms with Crippen molar-refractivity contribution in [3.05, 3.63) is 23.4 Å². The van der Waals surface area contributed by atoms with Crippen LogP contribution < -0.4 is 4.90 Å². The van der Waals surface area contributed by atoms with Gasteiger partial charge in [-0.2, -0.15) is 114 Å². The average Bonchev–Trinajstić information content (AvgIpc) is 3.58. The average molecular weight is 867 g/mol. The van der Waals surface area contributed by atoms with Crippen LogP contribution in [-0.4, -0.2) is 102 Å². The minimum atomic E-state index is -8.66. The molecule has 2 aliphatic rings. The highest BCUT2D eigenvalue weighted by molar-refractivity contribution is 5.53. The van der Waals surface area contributed by atoms with Crippen molar-refractivity contribution in [2.45, 2.75) is 103 Å². The molecule has 29 heteroatoms. The van der Waals surface area contributed by atoms with Gasteiger partial charge in [0.05, 0.1) is 5.56 Å². The van der Waals surface area contributed by atoms with E-state index in [2.05, 4.69) is 4.98 Å². The quantitative estimate of drug-likeness (QED) is 0.195. The van der Waals surface area contributed by atoms with Gasteiger partial charge in [0, 0.05) is 44.0 Å². The third-order valence-corrected chi connectivity index (χ3v) is 8.89. The molecule has 0 N–H and O–H groups in total. The van der Waals surface area contributed by atoms with Crippen LogP contribution in [0.1, 0.15) is 36.8 Å². The number of halogens is 26. The van der Waals surface area contributed by atoms with Crippen LogP contribution in [0.5, 0.6) is 0 Å². The normalized spacial score (nSPS) is 19.4. The molecule has 0 bridgehead atoms. The Morgan fingerprint density at radius 3 is 1.15 bits per heavy atom. The minimum Gasteiger partial charge on any atom is -0.354 e. The zero-order chi connectivity index (χ0) is 43.2. The number of anilines is 1. The summed E-state index contributed by atoms with van der Waals surface area (Å²) >= 11 is 0. The second-order valence-corrected chi connectivity index (χ2v) is 12.3. The van der Waals surface area contributed by atoms with Crippen LogP contribution in [0, 0.1) is 0 Å². The fraction of sp³-hybridized carbons (Fsp3) is 0.808. The Bertz CT molecular complexity index is 1530. The third kappa shape index (κ3) is 6.55. The smallest absolute Gasteiger partial charge is 0.354 e. The molecule has 0 radical (unpaired) electrons. The molecule has 3 rings (SSSR count). The number of aromatic nitrogens is 1. The Morgan fingerprint density at radius 2 is 0.782 bits per heavy atom. The topological polar surface area (TPSA) is 19.4 Å². The molecular formula is C26H19F26N3. The summed E-state index contributed by atoms with van der Waals surface area (Å²) in [5, 5.41) is 0. The van der Waals surface area contributed by atoms with Gasteiger partial charge in [-0.25, -0.2) is 4.98 Å². The SMILES string of the molecule is FC(F)(F)C(F)(F)C(F)(F)C(F)(F)C(F)(F)C(F)(F)c1cnc(N2CCN(C3CCCC3)CC2)c(C(F)(F)C(F)(F)C(F)(F)C(F)(F)C(F)(F)C(F)(F)F)c1. The van der Waals surface area contributed by atoms with Gasteiger partial charge in [0.25, 0.3) is 0 Å². The van der Waals surface area contributed by atoms with E-state index >= 15 is 8.78 Å². The van der Waals surface area contributed by atoms with Gasteiger partial charge in [0.2, 0.25) is 0 Å². The van der Waals surface area contributed by atoms with Crippen molar-refractivity contribution in [3.63, 3.8) is 0 Å². The van der Waals surface area contributed by atoms with Gasteiger partial charge in [-0.15, -0.1) is 0 Å². The Kier molecular flexibility index (Phi) is 11.3. The Labute approximate surface area is 288 Å². The van der Waals surface area contributed by atoms with E-state index in [9.17, 15) is 105 Å². The zero-order valence-electron chi connectivity index (χ0n) is 26.1. The van der Waals surface area contributed by atoms with Crippen LogP contribution in [0.25, 0.3) is 0 Å². The molecular weight excluding hydrogens is 848 g/mol. The van der Waals surface area contributed by atoms with Gasteiger partial charge in [-0.05, 0) is 18.9 Å². The van der Waals surface area contributed by atoms with E-state index in [0.717, 1.165) is 0 Å². The first-order valence-electron chi connectivity index (χ1n) is 14.6. The lowest BCUT2D eigenvalue weighted by Gasteiger charge is -2.42. The monoisotopic (exact) mass is 867 g/mol. The van der Waals surface area contributed by atoms with E-state index in [0.29, 0.717) is 25.7 Å². The van der Waals surface area contributed by atoms with E-state index in [-0.39, 0.29) is 10.9 Å². The summed E-state index contributed by atoms with van der Waals surface area (Å²) in [5.41, 5.74) is -7.20. The molecule has 0 unspecified atom stereocenters. The lowest BCUT2D eigenvalue weighted by Crippen LogP contribution is -2.69. The minimum absolute atomic E-state index is 0.165. The highest BCUT2D eigenvalue weighted by atomic mass is 19.4. The van der Waals surface area contributed by atoms with Crippen molar-refractivity contribution in [3.8, 4) is 0 Å². The van der Waals surface area contributed by atoms with Crippen LogP contribution in [0.3, 0.4) is 0 Å². The van der Waals surface area contributed by atoms with Gasteiger partial charge in [-0.1, -0.05) is 12.8 Å². The van der Waals surface area contributed by atoms with Gasteiger partial charge in [0.1, 0.15) is 5.82 Å². The molecule has 1 saturated heterocycles. The molecule has 2 heterocycles. The summed E-state index contributed by atoms with van der Waals surface area (Å²) in [7, 11) is 0. The van der Waals surface area contributed by atoms with Crippen molar-refractivity contribution in [2.75, 3.05) is 31.1 Å². The summed E-state index contributed by atoms with van der Waals surface area (Å²) < 4.78 is 360. The van der Waals surface area contributed by atoms with E-state index in [1.54, 1.807) is 0 Å². The fourth-order valence-corrected chi connectivity index (χ4v) is 5.57. The summed E-state index contributed by atoms with van der Waals surface area (Å²) in [6, 6.07) is -2.05. The third-order valence-electron chi connectivity index (χ3n) is 8.89. The summed E-state index contributed by atoms with van der Waals surface area (Å²) in [6.45, 7) is -2.55. The second-order valence-electron chi connectivity index (χ2n) is 12.3. The van der Waals surface area contributed by atoms with E-state index < -0.39 is 127 Å². The molecule has 0 atom stereocenters. The largest absolute Gasteiger partial charge is 0.460 e. The number of hydrogen-bond acceptors (Lipinski definition) is 3. The van der Waals surface area contributed by atoms with Crippen molar-refractivity contribution in [1.82, 2.24) is 9.88 Å². The standard InChI is InChI=1S/C26H19F26N3/c27-15(28,17(31,32)19(35,36)21(39,40)23(43,44)25(47,48)49)11-9-13(14(53-10-11)55-7-5-54(6-8-55)12-3-1-2-4-12)16(29,30)18(33,34)20(37,38)22(41,42)24(45,46)26(50,51)52/h9-10,12H,1-8H2. The molecule has 0 aromatic carbocycles. The summed E-state index contributed by atoms with van der Waals surface area (Å²) in [5.74, 6) is -85.4. The summed E-state index contributed by atoms with van der Waals surface area (Å²) in [6.07, 6.45) is -14.7. The maximum Gasteiger partial charge on any atom is 0.460 e. The van der Waals surface area contributed by atoms with Crippen molar-refractivity contribution >= 4 is 5.82 Å². The lowest BCUT2D eigenvalue weighted by molar-refractivity contribution is -0.442.